The van der Waals surface area contributed by atoms with Gasteiger partial charge in [0.2, 0.25) is 0 Å². The molecule has 7 heteroatoms. The van der Waals surface area contributed by atoms with Gasteiger partial charge in [-0.05, 0) is 24.6 Å². The van der Waals surface area contributed by atoms with Crippen molar-refractivity contribution in [1.29, 1.82) is 0 Å². The minimum Gasteiger partial charge on any atom is -0.508 e. The molecule has 1 aromatic heterocycles. The van der Waals surface area contributed by atoms with Crippen molar-refractivity contribution in [2.75, 3.05) is 0 Å². The Kier molecular flexibility index (Phi) is 5.00. The standard InChI is InChI=1S/C18H17ClN4O2/c1-12-17(18(25)20-10-13-6-2-4-8-15(13)19)21-22-23(12)11-14-7-3-5-9-16(14)24/h2-9,24H,10-11H2,1H3,(H,20,25). The van der Waals surface area contributed by atoms with E-state index in [2.05, 4.69) is 15.6 Å². The van der Waals surface area contributed by atoms with Crippen molar-refractivity contribution < 1.29 is 9.90 Å². The number of aromatic hydroxyl groups is 1. The van der Waals surface area contributed by atoms with E-state index in [0.29, 0.717) is 29.4 Å². The molecule has 2 aromatic carbocycles. The third kappa shape index (κ3) is 3.80. The zero-order chi connectivity index (χ0) is 17.8. The molecule has 1 heterocycles. The monoisotopic (exact) mass is 356 g/mol. The smallest absolute Gasteiger partial charge is 0.274 e. The van der Waals surface area contributed by atoms with Gasteiger partial charge in [0.05, 0.1) is 12.2 Å². The lowest BCUT2D eigenvalue weighted by molar-refractivity contribution is 0.0945. The third-order valence-corrected chi connectivity index (χ3v) is 4.28. The first-order valence-electron chi connectivity index (χ1n) is 7.75. The second kappa shape index (κ2) is 7.36. The Morgan fingerprint density at radius 1 is 1.16 bits per heavy atom. The molecule has 3 aromatic rings. The number of halogens is 1. The number of hydrogen-bond acceptors (Lipinski definition) is 4. The molecular weight excluding hydrogens is 340 g/mol. The molecule has 1 amide bonds. The molecule has 0 bridgehead atoms. The number of nitrogens with one attached hydrogen (secondary N) is 1. The number of hydrogen-bond donors (Lipinski definition) is 2. The van der Waals surface area contributed by atoms with Crippen molar-refractivity contribution in [1.82, 2.24) is 20.3 Å². The van der Waals surface area contributed by atoms with Crippen LogP contribution in [0.1, 0.15) is 27.3 Å². The molecular formula is C18H17ClN4O2. The van der Waals surface area contributed by atoms with Gasteiger partial charge in [0.1, 0.15) is 5.75 Å². The molecule has 0 atom stereocenters. The summed E-state index contributed by atoms with van der Waals surface area (Å²) in [6.07, 6.45) is 0. The van der Waals surface area contributed by atoms with Gasteiger partial charge in [-0.15, -0.1) is 5.10 Å². The van der Waals surface area contributed by atoms with E-state index in [0.717, 1.165) is 5.56 Å². The average molecular weight is 357 g/mol. The van der Waals surface area contributed by atoms with Crippen LogP contribution in [-0.2, 0) is 13.1 Å². The van der Waals surface area contributed by atoms with E-state index in [9.17, 15) is 9.90 Å². The predicted molar refractivity (Wildman–Crippen MR) is 94.6 cm³/mol. The Hall–Kier alpha value is -2.86. The fourth-order valence-electron chi connectivity index (χ4n) is 2.43. The van der Waals surface area contributed by atoms with Gasteiger partial charge in [0.15, 0.2) is 5.69 Å². The number of benzene rings is 2. The number of phenolic OH excluding ortho intramolecular Hbond substituents is 1. The van der Waals surface area contributed by atoms with E-state index in [1.165, 1.54) is 0 Å². The Balaban J connectivity index is 1.71. The van der Waals surface area contributed by atoms with Gasteiger partial charge >= 0.3 is 0 Å². The number of rotatable bonds is 5. The molecule has 128 valence electrons. The molecule has 0 saturated carbocycles. The van der Waals surface area contributed by atoms with E-state index < -0.39 is 0 Å². The molecule has 0 spiro atoms. The molecule has 0 fully saturated rings. The second-order valence-electron chi connectivity index (χ2n) is 5.58. The zero-order valence-electron chi connectivity index (χ0n) is 13.6. The van der Waals surface area contributed by atoms with Gasteiger partial charge in [-0.2, -0.15) is 0 Å². The van der Waals surface area contributed by atoms with E-state index in [-0.39, 0.29) is 17.4 Å². The summed E-state index contributed by atoms with van der Waals surface area (Å²) in [6.45, 7) is 2.41. The van der Waals surface area contributed by atoms with Crippen LogP contribution >= 0.6 is 11.6 Å². The van der Waals surface area contributed by atoms with Gasteiger partial charge in [-0.1, -0.05) is 53.2 Å². The topological polar surface area (TPSA) is 80.0 Å². The van der Waals surface area contributed by atoms with Gasteiger partial charge in [-0.3, -0.25) is 4.79 Å². The minimum atomic E-state index is -0.319. The fraction of sp³-hybridized carbons (Fsp3) is 0.167. The Bertz CT molecular complexity index is 908. The molecule has 6 nitrogen and oxygen atoms in total. The van der Waals surface area contributed by atoms with E-state index in [4.69, 9.17) is 11.6 Å². The van der Waals surface area contributed by atoms with Crippen molar-refractivity contribution in [3.05, 3.63) is 76.1 Å². The zero-order valence-corrected chi connectivity index (χ0v) is 14.4. The summed E-state index contributed by atoms with van der Waals surface area (Å²) >= 11 is 6.09. The number of carbonyl (C=O) groups is 1. The molecule has 0 unspecified atom stereocenters. The van der Waals surface area contributed by atoms with E-state index >= 15 is 0 Å². The lowest BCUT2D eigenvalue weighted by atomic mass is 10.2. The minimum absolute atomic E-state index is 0.183. The van der Waals surface area contributed by atoms with Gasteiger partial charge in [0.25, 0.3) is 5.91 Å². The number of carbonyl (C=O) groups excluding carboxylic acids is 1. The van der Waals surface area contributed by atoms with Crippen molar-refractivity contribution in [2.24, 2.45) is 0 Å². The summed E-state index contributed by atoms with van der Waals surface area (Å²) in [6, 6.07) is 14.3. The first kappa shape index (κ1) is 17.0. The van der Waals surface area contributed by atoms with Crippen LogP contribution in [0.15, 0.2) is 48.5 Å². The van der Waals surface area contributed by atoms with E-state index in [1.807, 2.05) is 24.3 Å². The third-order valence-electron chi connectivity index (χ3n) is 3.91. The van der Waals surface area contributed by atoms with Gasteiger partial charge in [0, 0.05) is 17.1 Å². The number of phenols is 1. The molecule has 2 N–H and O–H groups in total. The van der Waals surface area contributed by atoms with Crippen LogP contribution in [0.4, 0.5) is 0 Å². The van der Waals surface area contributed by atoms with Crippen molar-refractivity contribution >= 4 is 17.5 Å². The normalized spacial score (nSPS) is 10.6. The first-order chi connectivity index (χ1) is 12.1. The first-order valence-corrected chi connectivity index (χ1v) is 8.12. The average Bonchev–Trinajstić information content (AvgIpc) is 2.97. The molecule has 0 aliphatic heterocycles. The van der Waals surface area contributed by atoms with Crippen molar-refractivity contribution in [3.63, 3.8) is 0 Å². The molecule has 25 heavy (non-hydrogen) atoms. The maximum Gasteiger partial charge on any atom is 0.274 e. The highest BCUT2D eigenvalue weighted by atomic mass is 35.5. The second-order valence-corrected chi connectivity index (χ2v) is 5.99. The quantitative estimate of drug-likeness (QED) is 0.736. The Morgan fingerprint density at radius 2 is 1.84 bits per heavy atom. The SMILES string of the molecule is Cc1c(C(=O)NCc2ccccc2Cl)nnn1Cc1ccccc1O. The van der Waals surface area contributed by atoms with Crippen LogP contribution in [0.3, 0.4) is 0 Å². The highest BCUT2D eigenvalue weighted by Gasteiger charge is 2.17. The van der Waals surface area contributed by atoms with E-state index in [1.54, 1.807) is 35.9 Å². The summed E-state index contributed by atoms with van der Waals surface area (Å²) in [7, 11) is 0. The van der Waals surface area contributed by atoms with Crippen LogP contribution in [-0.4, -0.2) is 26.0 Å². The fourth-order valence-corrected chi connectivity index (χ4v) is 2.63. The molecule has 0 saturated heterocycles. The molecule has 3 rings (SSSR count). The van der Waals surface area contributed by atoms with Gasteiger partial charge < -0.3 is 10.4 Å². The number of aromatic nitrogens is 3. The summed E-state index contributed by atoms with van der Waals surface area (Å²) in [5, 5.41) is 21.2. The molecule has 0 aliphatic rings. The highest BCUT2D eigenvalue weighted by Crippen LogP contribution is 2.18. The number of amides is 1. The highest BCUT2D eigenvalue weighted by molar-refractivity contribution is 6.31. The summed E-state index contributed by atoms with van der Waals surface area (Å²) in [4.78, 5) is 12.4. The maximum atomic E-state index is 12.4. The van der Waals surface area contributed by atoms with Crippen molar-refractivity contribution in [3.8, 4) is 5.75 Å². The van der Waals surface area contributed by atoms with Gasteiger partial charge in [-0.25, -0.2) is 4.68 Å². The van der Waals surface area contributed by atoms with Crippen LogP contribution in [0.5, 0.6) is 5.75 Å². The molecule has 0 aliphatic carbocycles. The van der Waals surface area contributed by atoms with Crippen LogP contribution in [0.25, 0.3) is 0 Å². The van der Waals surface area contributed by atoms with Crippen LogP contribution < -0.4 is 5.32 Å². The van der Waals surface area contributed by atoms with Crippen molar-refractivity contribution in [2.45, 2.75) is 20.0 Å². The predicted octanol–water partition coefficient (Wildman–Crippen LogP) is 2.92. The summed E-state index contributed by atoms with van der Waals surface area (Å²) in [5.74, 6) is -0.136. The maximum absolute atomic E-state index is 12.4. The lowest BCUT2D eigenvalue weighted by Gasteiger charge is -2.07. The molecule has 0 radical (unpaired) electrons. The largest absolute Gasteiger partial charge is 0.508 e. The number of para-hydroxylation sites is 1. The lowest BCUT2D eigenvalue weighted by Crippen LogP contribution is -2.24. The number of nitrogens with zero attached hydrogens (tertiary/aromatic N) is 3. The summed E-state index contributed by atoms with van der Waals surface area (Å²) < 4.78 is 1.58. The summed E-state index contributed by atoms with van der Waals surface area (Å²) in [5.41, 5.74) is 2.41. The Morgan fingerprint density at radius 3 is 2.56 bits per heavy atom. The van der Waals surface area contributed by atoms with Crippen LogP contribution in [0.2, 0.25) is 5.02 Å². The van der Waals surface area contributed by atoms with Crippen LogP contribution in [0, 0.1) is 6.92 Å². The Labute approximate surface area is 150 Å².